The Morgan fingerprint density at radius 3 is 2.76 bits per heavy atom. The predicted octanol–water partition coefficient (Wildman–Crippen LogP) is 2.75. The number of carbonyl (C=O) groups excluding carboxylic acids is 1. The van der Waals surface area contributed by atoms with Crippen LogP contribution in [0.5, 0.6) is 0 Å². The van der Waals surface area contributed by atoms with E-state index in [1.807, 2.05) is 6.92 Å². The number of hydrogen-bond acceptors (Lipinski definition) is 3. The smallest absolute Gasteiger partial charge is 0.255 e. The van der Waals surface area contributed by atoms with Crippen molar-refractivity contribution in [2.24, 2.45) is 0 Å². The van der Waals surface area contributed by atoms with Crippen molar-refractivity contribution >= 4 is 28.9 Å². The summed E-state index contributed by atoms with van der Waals surface area (Å²) < 4.78 is 1.56. The average Bonchev–Trinajstić information content (AvgIpc) is 2.45. The van der Waals surface area contributed by atoms with Crippen LogP contribution in [0.1, 0.15) is 23.7 Å². The number of nitrogens with zero attached hydrogens (tertiary/aromatic N) is 1. The summed E-state index contributed by atoms with van der Waals surface area (Å²) in [5.74, 6) is -0.307. The molecule has 0 saturated heterocycles. The van der Waals surface area contributed by atoms with E-state index in [2.05, 4.69) is 5.32 Å². The van der Waals surface area contributed by atoms with E-state index in [4.69, 9.17) is 17.3 Å². The van der Waals surface area contributed by atoms with Gasteiger partial charge in [0.1, 0.15) is 0 Å². The molecule has 0 radical (unpaired) electrons. The molecule has 21 heavy (non-hydrogen) atoms. The number of amides is 1. The Kier molecular flexibility index (Phi) is 4.65. The Labute approximate surface area is 127 Å². The molecule has 1 heterocycles. The lowest BCUT2D eigenvalue weighted by Gasteiger charge is -2.09. The van der Waals surface area contributed by atoms with Gasteiger partial charge in [-0.25, -0.2) is 0 Å². The predicted molar refractivity (Wildman–Crippen MR) is 84.8 cm³/mol. The van der Waals surface area contributed by atoms with Crippen molar-refractivity contribution in [3.8, 4) is 0 Å². The quantitative estimate of drug-likeness (QED) is 0.853. The number of carbonyl (C=O) groups is 1. The number of aryl methyl sites for hydroxylation is 1. The third kappa shape index (κ3) is 3.64. The van der Waals surface area contributed by atoms with E-state index in [1.54, 1.807) is 29.0 Å². The molecule has 0 atom stereocenters. The molecule has 2 rings (SSSR count). The number of anilines is 2. The third-order valence-corrected chi connectivity index (χ3v) is 3.30. The van der Waals surface area contributed by atoms with Crippen LogP contribution in [0.15, 0.2) is 41.3 Å². The van der Waals surface area contributed by atoms with Gasteiger partial charge in [0.05, 0.1) is 16.4 Å². The van der Waals surface area contributed by atoms with Gasteiger partial charge in [-0.3, -0.25) is 9.59 Å². The van der Waals surface area contributed by atoms with Crippen LogP contribution in [0.4, 0.5) is 11.4 Å². The van der Waals surface area contributed by atoms with Crippen LogP contribution in [0.3, 0.4) is 0 Å². The second-order valence-electron chi connectivity index (χ2n) is 4.64. The van der Waals surface area contributed by atoms with Gasteiger partial charge in [0.25, 0.3) is 11.5 Å². The van der Waals surface area contributed by atoms with Crippen LogP contribution in [0, 0.1) is 0 Å². The molecular formula is C15H16ClN3O2. The van der Waals surface area contributed by atoms with E-state index in [0.29, 0.717) is 28.5 Å². The van der Waals surface area contributed by atoms with Gasteiger partial charge in [-0.15, -0.1) is 0 Å². The molecule has 0 bridgehead atoms. The number of halogens is 1. The van der Waals surface area contributed by atoms with Crippen molar-refractivity contribution in [3.05, 3.63) is 57.5 Å². The van der Waals surface area contributed by atoms with Crippen molar-refractivity contribution in [2.45, 2.75) is 19.9 Å². The van der Waals surface area contributed by atoms with Crippen LogP contribution >= 0.6 is 11.6 Å². The van der Waals surface area contributed by atoms with Crippen molar-refractivity contribution in [1.29, 1.82) is 0 Å². The molecule has 5 nitrogen and oxygen atoms in total. The maximum atomic E-state index is 12.1. The molecule has 6 heteroatoms. The molecular weight excluding hydrogens is 290 g/mol. The Morgan fingerprint density at radius 2 is 2.10 bits per heavy atom. The zero-order chi connectivity index (χ0) is 15.4. The Morgan fingerprint density at radius 1 is 1.33 bits per heavy atom. The van der Waals surface area contributed by atoms with Crippen LogP contribution < -0.4 is 16.6 Å². The highest BCUT2D eigenvalue weighted by Crippen LogP contribution is 2.20. The first-order valence-electron chi connectivity index (χ1n) is 6.58. The van der Waals surface area contributed by atoms with E-state index in [9.17, 15) is 9.59 Å². The first-order chi connectivity index (χ1) is 10.0. The highest BCUT2D eigenvalue weighted by molar-refractivity contribution is 6.33. The van der Waals surface area contributed by atoms with E-state index in [0.717, 1.165) is 6.42 Å². The zero-order valence-electron chi connectivity index (χ0n) is 11.6. The minimum atomic E-state index is -0.307. The maximum absolute atomic E-state index is 12.1. The van der Waals surface area contributed by atoms with Gasteiger partial charge in [-0.2, -0.15) is 0 Å². The maximum Gasteiger partial charge on any atom is 0.255 e. The van der Waals surface area contributed by atoms with Gasteiger partial charge in [0.2, 0.25) is 0 Å². The molecule has 0 aliphatic heterocycles. The topological polar surface area (TPSA) is 77.1 Å². The summed E-state index contributed by atoms with van der Waals surface area (Å²) >= 11 is 5.90. The Balaban J connectivity index is 2.21. The molecule has 0 spiro atoms. The van der Waals surface area contributed by atoms with Gasteiger partial charge < -0.3 is 15.6 Å². The average molecular weight is 306 g/mol. The van der Waals surface area contributed by atoms with Gasteiger partial charge in [0.15, 0.2) is 0 Å². The fourth-order valence-corrected chi connectivity index (χ4v) is 2.07. The van der Waals surface area contributed by atoms with E-state index in [1.165, 1.54) is 12.1 Å². The molecule has 0 aliphatic rings. The molecule has 1 aromatic carbocycles. The molecule has 0 aliphatic carbocycles. The van der Waals surface area contributed by atoms with Crippen LogP contribution in [0.25, 0.3) is 0 Å². The monoisotopic (exact) mass is 305 g/mol. The van der Waals surface area contributed by atoms with Gasteiger partial charge in [-0.1, -0.05) is 18.5 Å². The second kappa shape index (κ2) is 6.45. The highest BCUT2D eigenvalue weighted by Gasteiger charge is 2.09. The van der Waals surface area contributed by atoms with Gasteiger partial charge in [0, 0.05) is 24.4 Å². The molecule has 3 N–H and O–H groups in total. The number of benzene rings is 1. The second-order valence-corrected chi connectivity index (χ2v) is 5.05. The SMILES string of the molecule is CCCn1cc(NC(=O)c2ccc(N)c(Cl)c2)ccc1=O. The van der Waals surface area contributed by atoms with Crippen LogP contribution in [0.2, 0.25) is 5.02 Å². The minimum absolute atomic E-state index is 0.0922. The first-order valence-corrected chi connectivity index (χ1v) is 6.96. The summed E-state index contributed by atoms with van der Waals surface area (Å²) in [7, 11) is 0. The fourth-order valence-electron chi connectivity index (χ4n) is 1.89. The number of pyridine rings is 1. The molecule has 1 aromatic heterocycles. The number of nitrogens with one attached hydrogen (secondary N) is 1. The van der Waals surface area contributed by atoms with Crippen molar-refractivity contribution in [2.75, 3.05) is 11.1 Å². The van der Waals surface area contributed by atoms with Crippen molar-refractivity contribution in [3.63, 3.8) is 0 Å². The van der Waals surface area contributed by atoms with Crippen molar-refractivity contribution in [1.82, 2.24) is 4.57 Å². The standard InChI is InChI=1S/C15H16ClN3O2/c1-2-7-19-9-11(4-6-14(19)20)18-15(21)10-3-5-13(17)12(16)8-10/h3-6,8-9H,2,7,17H2,1H3,(H,18,21). The normalized spacial score (nSPS) is 10.4. The number of aromatic nitrogens is 1. The van der Waals surface area contributed by atoms with E-state index < -0.39 is 0 Å². The minimum Gasteiger partial charge on any atom is -0.398 e. The summed E-state index contributed by atoms with van der Waals surface area (Å²) in [6, 6.07) is 7.69. The molecule has 0 fully saturated rings. The number of hydrogen-bond donors (Lipinski definition) is 2. The molecule has 0 saturated carbocycles. The molecule has 0 unspecified atom stereocenters. The molecule has 1 amide bonds. The number of nitrogens with two attached hydrogens (primary N) is 1. The summed E-state index contributed by atoms with van der Waals surface area (Å²) in [5, 5.41) is 3.06. The van der Waals surface area contributed by atoms with Crippen LogP contribution in [-0.2, 0) is 6.54 Å². The third-order valence-electron chi connectivity index (χ3n) is 2.97. The first kappa shape index (κ1) is 15.1. The summed E-state index contributed by atoms with van der Waals surface area (Å²) in [5.41, 5.74) is 6.90. The fraction of sp³-hybridized carbons (Fsp3) is 0.200. The van der Waals surface area contributed by atoms with Gasteiger partial charge in [-0.05, 0) is 30.7 Å². The van der Waals surface area contributed by atoms with Crippen LogP contribution in [-0.4, -0.2) is 10.5 Å². The van der Waals surface area contributed by atoms with Gasteiger partial charge >= 0.3 is 0 Å². The Hall–Kier alpha value is -2.27. The van der Waals surface area contributed by atoms with Crippen molar-refractivity contribution < 1.29 is 4.79 Å². The lowest BCUT2D eigenvalue weighted by molar-refractivity contribution is 0.102. The Bertz CT molecular complexity index is 725. The molecule has 110 valence electrons. The summed E-state index contributed by atoms with van der Waals surface area (Å²) in [4.78, 5) is 23.8. The summed E-state index contributed by atoms with van der Waals surface area (Å²) in [6.45, 7) is 2.59. The lowest BCUT2D eigenvalue weighted by Crippen LogP contribution is -2.20. The highest BCUT2D eigenvalue weighted by atomic mass is 35.5. The zero-order valence-corrected chi connectivity index (χ0v) is 12.4. The largest absolute Gasteiger partial charge is 0.398 e. The number of nitrogen functional groups attached to an aromatic ring is 1. The van der Waals surface area contributed by atoms with E-state index in [-0.39, 0.29) is 11.5 Å². The molecule has 2 aromatic rings. The number of rotatable bonds is 4. The van der Waals surface area contributed by atoms with E-state index >= 15 is 0 Å². The lowest BCUT2D eigenvalue weighted by atomic mass is 10.2. The summed E-state index contributed by atoms with van der Waals surface area (Å²) in [6.07, 6.45) is 2.47.